The maximum atomic E-state index is 12.4. The molecule has 3 aromatic carbocycles. The molecule has 0 atom stereocenters. The highest BCUT2D eigenvalue weighted by atomic mass is 35.5. The van der Waals surface area contributed by atoms with Gasteiger partial charge in [0.25, 0.3) is 15.9 Å². The van der Waals surface area contributed by atoms with Crippen molar-refractivity contribution in [2.24, 2.45) is 0 Å². The largest absolute Gasteiger partial charge is 0.491 e. The van der Waals surface area contributed by atoms with Crippen molar-refractivity contribution in [2.75, 3.05) is 17.9 Å². The second kappa shape index (κ2) is 9.65. The summed E-state index contributed by atoms with van der Waals surface area (Å²) >= 11 is 6.19. The zero-order chi connectivity index (χ0) is 21.6. The molecule has 0 bridgehead atoms. The second-order valence-electron chi connectivity index (χ2n) is 6.48. The van der Waals surface area contributed by atoms with Crippen molar-refractivity contribution in [3.8, 4) is 5.75 Å². The van der Waals surface area contributed by atoms with Gasteiger partial charge < -0.3 is 10.1 Å². The van der Waals surface area contributed by atoms with E-state index in [1.165, 1.54) is 30.3 Å². The number of benzene rings is 3. The van der Waals surface area contributed by atoms with Crippen molar-refractivity contribution in [3.63, 3.8) is 0 Å². The summed E-state index contributed by atoms with van der Waals surface area (Å²) < 4.78 is 32.9. The van der Waals surface area contributed by atoms with Crippen LogP contribution in [0.5, 0.6) is 5.75 Å². The third-order valence-electron chi connectivity index (χ3n) is 4.27. The number of hydrogen-bond donors (Lipinski definition) is 2. The lowest BCUT2D eigenvalue weighted by molar-refractivity contribution is 0.0947. The molecule has 0 radical (unpaired) electrons. The van der Waals surface area contributed by atoms with E-state index in [1.54, 1.807) is 18.2 Å². The number of amides is 1. The van der Waals surface area contributed by atoms with Crippen LogP contribution >= 0.6 is 11.6 Å². The SMILES string of the molecule is Cc1ccccc1OCCNC(=O)c1ccc(NS(=O)(=O)c2ccccc2)c(Cl)c1. The van der Waals surface area contributed by atoms with Crippen LogP contribution in [0.25, 0.3) is 0 Å². The lowest BCUT2D eigenvalue weighted by Gasteiger charge is -2.12. The van der Waals surface area contributed by atoms with Gasteiger partial charge in [-0.3, -0.25) is 9.52 Å². The summed E-state index contributed by atoms with van der Waals surface area (Å²) in [7, 11) is -3.77. The van der Waals surface area contributed by atoms with Gasteiger partial charge in [-0.15, -0.1) is 0 Å². The van der Waals surface area contributed by atoms with E-state index < -0.39 is 10.0 Å². The van der Waals surface area contributed by atoms with Gasteiger partial charge in [0, 0.05) is 5.56 Å². The molecule has 0 aliphatic heterocycles. The molecule has 0 heterocycles. The second-order valence-corrected chi connectivity index (χ2v) is 8.57. The number of hydrogen-bond acceptors (Lipinski definition) is 4. The molecule has 3 aromatic rings. The zero-order valence-electron chi connectivity index (χ0n) is 16.3. The molecule has 0 aliphatic rings. The van der Waals surface area contributed by atoms with Crippen LogP contribution in [0.3, 0.4) is 0 Å². The molecule has 0 saturated carbocycles. The molecule has 0 fully saturated rings. The Morgan fingerprint density at radius 1 is 1.00 bits per heavy atom. The van der Waals surface area contributed by atoms with Crippen LogP contribution in [0.4, 0.5) is 5.69 Å². The average molecular weight is 445 g/mol. The van der Waals surface area contributed by atoms with E-state index in [2.05, 4.69) is 10.0 Å². The Balaban J connectivity index is 1.58. The van der Waals surface area contributed by atoms with Crippen molar-refractivity contribution >= 4 is 33.2 Å². The van der Waals surface area contributed by atoms with Gasteiger partial charge in [-0.2, -0.15) is 0 Å². The Hall–Kier alpha value is -3.03. The predicted molar refractivity (Wildman–Crippen MR) is 118 cm³/mol. The predicted octanol–water partition coefficient (Wildman–Crippen LogP) is 4.26. The summed E-state index contributed by atoms with van der Waals surface area (Å²) in [6, 6.07) is 20.0. The summed E-state index contributed by atoms with van der Waals surface area (Å²) in [5.74, 6) is 0.438. The Labute approximate surface area is 180 Å². The number of carbonyl (C=O) groups excluding carboxylic acids is 1. The molecule has 0 saturated heterocycles. The minimum Gasteiger partial charge on any atom is -0.491 e. The number of nitrogens with one attached hydrogen (secondary N) is 2. The summed E-state index contributed by atoms with van der Waals surface area (Å²) in [4.78, 5) is 12.5. The van der Waals surface area contributed by atoms with E-state index in [0.717, 1.165) is 11.3 Å². The molecule has 0 spiro atoms. The molecule has 2 N–H and O–H groups in total. The molecule has 3 rings (SSSR count). The van der Waals surface area contributed by atoms with Crippen molar-refractivity contribution < 1.29 is 17.9 Å². The lowest BCUT2D eigenvalue weighted by atomic mass is 10.2. The normalized spacial score (nSPS) is 11.0. The van der Waals surface area contributed by atoms with E-state index in [9.17, 15) is 13.2 Å². The van der Waals surface area contributed by atoms with Gasteiger partial charge in [0.2, 0.25) is 0 Å². The molecule has 30 heavy (non-hydrogen) atoms. The fourth-order valence-electron chi connectivity index (χ4n) is 2.69. The third-order valence-corrected chi connectivity index (χ3v) is 5.96. The molecule has 6 nitrogen and oxygen atoms in total. The number of aryl methyl sites for hydroxylation is 1. The Bertz CT molecular complexity index is 1130. The van der Waals surface area contributed by atoms with Crippen molar-refractivity contribution in [3.05, 3.63) is 88.9 Å². The molecule has 1 amide bonds. The monoisotopic (exact) mass is 444 g/mol. The topological polar surface area (TPSA) is 84.5 Å². The van der Waals surface area contributed by atoms with Gasteiger partial charge in [0.15, 0.2) is 0 Å². The minimum absolute atomic E-state index is 0.122. The Morgan fingerprint density at radius 3 is 2.40 bits per heavy atom. The average Bonchev–Trinajstić information content (AvgIpc) is 2.74. The highest BCUT2D eigenvalue weighted by Gasteiger charge is 2.16. The van der Waals surface area contributed by atoms with E-state index in [0.29, 0.717) is 18.7 Å². The quantitative estimate of drug-likeness (QED) is 0.508. The van der Waals surface area contributed by atoms with Gasteiger partial charge in [0.1, 0.15) is 12.4 Å². The summed E-state index contributed by atoms with van der Waals surface area (Å²) in [5.41, 5.74) is 1.53. The summed E-state index contributed by atoms with van der Waals surface area (Å²) in [6.45, 7) is 2.58. The maximum absolute atomic E-state index is 12.4. The standard InChI is InChI=1S/C22H21ClN2O4S/c1-16-7-5-6-10-21(16)29-14-13-24-22(26)17-11-12-20(19(23)15-17)25-30(27,28)18-8-3-2-4-9-18/h2-12,15,25H,13-14H2,1H3,(H,24,26). The first-order valence-electron chi connectivity index (χ1n) is 9.21. The lowest BCUT2D eigenvalue weighted by Crippen LogP contribution is -2.28. The van der Waals surface area contributed by atoms with Crippen molar-refractivity contribution in [1.82, 2.24) is 5.32 Å². The number of sulfonamides is 1. The molecule has 8 heteroatoms. The Kier molecular flexibility index (Phi) is 6.97. The number of anilines is 1. The fraction of sp³-hybridized carbons (Fsp3) is 0.136. The third kappa shape index (κ3) is 5.52. The molecular weight excluding hydrogens is 424 g/mol. The van der Waals surface area contributed by atoms with Crippen LogP contribution in [0, 0.1) is 6.92 Å². The zero-order valence-corrected chi connectivity index (χ0v) is 17.8. The number of rotatable bonds is 8. The van der Waals surface area contributed by atoms with Crippen LogP contribution in [0.15, 0.2) is 77.7 Å². The molecule has 0 unspecified atom stereocenters. The highest BCUT2D eigenvalue weighted by Crippen LogP contribution is 2.26. The van der Waals surface area contributed by atoms with Gasteiger partial charge >= 0.3 is 0 Å². The van der Waals surface area contributed by atoms with E-state index in [4.69, 9.17) is 16.3 Å². The fourth-order valence-corrected chi connectivity index (χ4v) is 4.07. The number of para-hydroxylation sites is 1. The van der Waals surface area contributed by atoms with E-state index >= 15 is 0 Å². The first-order chi connectivity index (χ1) is 14.4. The van der Waals surface area contributed by atoms with Crippen LogP contribution in [0.1, 0.15) is 15.9 Å². The summed E-state index contributed by atoms with van der Waals surface area (Å²) in [6.07, 6.45) is 0. The van der Waals surface area contributed by atoms with Crippen LogP contribution in [-0.2, 0) is 10.0 Å². The summed E-state index contributed by atoms with van der Waals surface area (Å²) in [5, 5.41) is 2.87. The maximum Gasteiger partial charge on any atom is 0.261 e. The van der Waals surface area contributed by atoms with Gasteiger partial charge in [-0.1, -0.05) is 48.0 Å². The molecule has 156 valence electrons. The van der Waals surface area contributed by atoms with E-state index in [-0.39, 0.29) is 21.5 Å². The first-order valence-corrected chi connectivity index (χ1v) is 11.1. The molecule has 0 aliphatic carbocycles. The number of halogens is 1. The van der Waals surface area contributed by atoms with Crippen LogP contribution in [-0.4, -0.2) is 27.5 Å². The van der Waals surface area contributed by atoms with E-state index in [1.807, 2.05) is 31.2 Å². The number of carbonyl (C=O) groups is 1. The molecule has 0 aromatic heterocycles. The smallest absolute Gasteiger partial charge is 0.261 e. The highest BCUT2D eigenvalue weighted by molar-refractivity contribution is 7.92. The van der Waals surface area contributed by atoms with Crippen molar-refractivity contribution in [1.29, 1.82) is 0 Å². The molecular formula is C22H21ClN2O4S. The van der Waals surface area contributed by atoms with Gasteiger partial charge in [0.05, 0.1) is 22.2 Å². The van der Waals surface area contributed by atoms with Gasteiger partial charge in [-0.05, 0) is 48.9 Å². The van der Waals surface area contributed by atoms with Crippen LogP contribution < -0.4 is 14.8 Å². The Morgan fingerprint density at radius 2 is 1.70 bits per heavy atom. The van der Waals surface area contributed by atoms with Gasteiger partial charge in [-0.25, -0.2) is 8.42 Å². The minimum atomic E-state index is -3.77. The number of ether oxygens (including phenoxy) is 1. The van der Waals surface area contributed by atoms with Crippen LogP contribution in [0.2, 0.25) is 5.02 Å². The van der Waals surface area contributed by atoms with Crippen molar-refractivity contribution in [2.45, 2.75) is 11.8 Å². The first kappa shape index (κ1) is 21.7.